The Morgan fingerprint density at radius 3 is 2.00 bits per heavy atom. The molecule has 0 atom stereocenters. The number of nitrogens with one attached hydrogen (secondary N) is 1. The molecule has 0 radical (unpaired) electrons. The summed E-state index contributed by atoms with van der Waals surface area (Å²) in [4.78, 5) is 13.3. The maximum atomic E-state index is 13.3. The Kier molecular flexibility index (Phi) is 6.23. The summed E-state index contributed by atoms with van der Waals surface area (Å²) in [5.74, 6) is 0.188. The molecule has 5 nitrogen and oxygen atoms in total. The fourth-order valence-electron chi connectivity index (χ4n) is 3.88. The molecule has 170 valence electrons. The lowest BCUT2D eigenvalue weighted by molar-refractivity contribution is 0.0970. The Morgan fingerprint density at radius 1 is 0.938 bits per heavy atom. The Balaban J connectivity index is 1.94. The van der Waals surface area contributed by atoms with Gasteiger partial charge < -0.3 is 14.2 Å². The SMILES string of the molecule is Cc1ccccc1Cn1ccn(CC(=O)c2cc(C(C)(C)C)c(O)c(C(C)(C)C)c2)c1=N. The monoisotopic (exact) mass is 433 g/mol. The summed E-state index contributed by atoms with van der Waals surface area (Å²) in [7, 11) is 0. The van der Waals surface area contributed by atoms with Gasteiger partial charge in [0, 0.05) is 29.1 Å². The largest absolute Gasteiger partial charge is 0.507 e. The predicted octanol–water partition coefficient (Wildman–Crippen LogP) is 5.31. The van der Waals surface area contributed by atoms with Crippen LogP contribution >= 0.6 is 0 Å². The van der Waals surface area contributed by atoms with Crippen molar-refractivity contribution < 1.29 is 9.90 Å². The number of nitrogens with zero attached hydrogens (tertiary/aromatic N) is 2. The van der Waals surface area contributed by atoms with E-state index >= 15 is 0 Å². The van der Waals surface area contributed by atoms with Gasteiger partial charge in [0.1, 0.15) is 5.75 Å². The highest BCUT2D eigenvalue weighted by Crippen LogP contribution is 2.39. The maximum absolute atomic E-state index is 13.3. The zero-order valence-corrected chi connectivity index (χ0v) is 20.3. The van der Waals surface area contributed by atoms with E-state index < -0.39 is 0 Å². The molecule has 0 fully saturated rings. The summed E-state index contributed by atoms with van der Waals surface area (Å²) in [5, 5.41) is 19.5. The van der Waals surface area contributed by atoms with Gasteiger partial charge in [0.2, 0.25) is 5.62 Å². The molecule has 2 N–H and O–H groups in total. The molecule has 0 aliphatic heterocycles. The Morgan fingerprint density at radius 2 is 1.47 bits per heavy atom. The molecule has 0 aliphatic rings. The van der Waals surface area contributed by atoms with E-state index in [1.54, 1.807) is 22.9 Å². The number of aromatic hydroxyl groups is 1. The van der Waals surface area contributed by atoms with Gasteiger partial charge >= 0.3 is 0 Å². The van der Waals surface area contributed by atoms with Crippen molar-refractivity contribution in [3.8, 4) is 5.75 Å². The van der Waals surface area contributed by atoms with Crippen molar-refractivity contribution >= 4 is 5.78 Å². The minimum absolute atomic E-state index is 0.0758. The van der Waals surface area contributed by atoms with Crippen molar-refractivity contribution in [2.24, 2.45) is 0 Å². The molecule has 0 spiro atoms. The molecule has 0 saturated carbocycles. The number of carbonyl (C=O) groups excluding carboxylic acids is 1. The zero-order valence-electron chi connectivity index (χ0n) is 20.3. The number of carbonyl (C=O) groups is 1. The molecule has 3 rings (SSSR count). The fraction of sp³-hybridized carbons (Fsp3) is 0.407. The second-order valence-corrected chi connectivity index (χ2v) is 10.6. The number of aryl methyl sites for hydroxylation is 1. The third-order valence-electron chi connectivity index (χ3n) is 5.93. The summed E-state index contributed by atoms with van der Waals surface area (Å²) in [5.41, 5.74) is 4.11. The molecule has 0 bridgehead atoms. The van der Waals surface area contributed by atoms with Crippen molar-refractivity contribution in [1.29, 1.82) is 5.41 Å². The smallest absolute Gasteiger partial charge is 0.202 e. The van der Waals surface area contributed by atoms with Crippen LogP contribution in [-0.4, -0.2) is 20.0 Å². The standard InChI is InChI=1S/C27H35N3O2/c1-18-10-8-9-11-19(18)16-29-12-13-30(25(29)28)17-23(31)20-14-21(26(2,3)4)24(32)22(15-20)27(5,6)7/h8-15,28,32H,16-17H2,1-7H3. The molecule has 5 heteroatoms. The first-order chi connectivity index (χ1) is 14.8. The van der Waals surface area contributed by atoms with Gasteiger partial charge in [-0.25, -0.2) is 0 Å². The van der Waals surface area contributed by atoms with Crippen LogP contribution in [0, 0.1) is 12.3 Å². The van der Waals surface area contributed by atoms with Crippen LogP contribution in [0.25, 0.3) is 0 Å². The van der Waals surface area contributed by atoms with E-state index in [2.05, 4.69) is 19.1 Å². The van der Waals surface area contributed by atoms with Crippen LogP contribution in [0.1, 0.15) is 74.2 Å². The van der Waals surface area contributed by atoms with Gasteiger partial charge in [0.15, 0.2) is 5.78 Å². The number of imidazole rings is 1. The number of phenols is 1. The van der Waals surface area contributed by atoms with Crippen LogP contribution in [0.5, 0.6) is 5.75 Å². The van der Waals surface area contributed by atoms with E-state index in [1.807, 2.05) is 64.4 Å². The molecule has 32 heavy (non-hydrogen) atoms. The average Bonchev–Trinajstić information content (AvgIpc) is 3.01. The van der Waals surface area contributed by atoms with Crippen LogP contribution in [0.2, 0.25) is 0 Å². The number of benzene rings is 2. The highest BCUT2D eigenvalue weighted by molar-refractivity contribution is 5.96. The van der Waals surface area contributed by atoms with E-state index in [9.17, 15) is 9.90 Å². The predicted molar refractivity (Wildman–Crippen MR) is 128 cm³/mol. The highest BCUT2D eigenvalue weighted by Gasteiger charge is 2.27. The van der Waals surface area contributed by atoms with Crippen molar-refractivity contribution in [2.75, 3.05) is 0 Å². The fourth-order valence-corrected chi connectivity index (χ4v) is 3.88. The maximum Gasteiger partial charge on any atom is 0.202 e. The normalized spacial score (nSPS) is 12.2. The second-order valence-electron chi connectivity index (χ2n) is 10.6. The number of phenolic OH excluding ortho intramolecular Hbond substituents is 1. The van der Waals surface area contributed by atoms with Crippen LogP contribution in [0.4, 0.5) is 0 Å². The summed E-state index contributed by atoms with van der Waals surface area (Å²) in [6.07, 6.45) is 3.63. The van der Waals surface area contributed by atoms with Gasteiger partial charge in [-0.3, -0.25) is 10.2 Å². The molecule has 0 amide bonds. The Labute approximate surface area is 190 Å². The van der Waals surface area contributed by atoms with Gasteiger partial charge in [-0.2, -0.15) is 0 Å². The van der Waals surface area contributed by atoms with E-state index in [0.29, 0.717) is 12.1 Å². The van der Waals surface area contributed by atoms with E-state index in [4.69, 9.17) is 5.41 Å². The first-order valence-electron chi connectivity index (χ1n) is 11.0. The molecule has 0 saturated heterocycles. The van der Waals surface area contributed by atoms with Gasteiger partial charge in [-0.1, -0.05) is 65.8 Å². The van der Waals surface area contributed by atoms with Crippen LogP contribution in [-0.2, 0) is 23.9 Å². The van der Waals surface area contributed by atoms with Gasteiger partial charge in [-0.05, 0) is 41.0 Å². The van der Waals surface area contributed by atoms with Crippen molar-refractivity contribution in [3.63, 3.8) is 0 Å². The van der Waals surface area contributed by atoms with E-state index in [1.165, 1.54) is 5.56 Å². The van der Waals surface area contributed by atoms with Gasteiger partial charge in [0.25, 0.3) is 0 Å². The van der Waals surface area contributed by atoms with Gasteiger partial charge in [0.05, 0.1) is 13.1 Å². The first-order valence-corrected chi connectivity index (χ1v) is 11.0. The molecular formula is C27H35N3O2. The van der Waals surface area contributed by atoms with E-state index in [-0.39, 0.29) is 34.5 Å². The lowest BCUT2D eigenvalue weighted by Gasteiger charge is -2.28. The number of ketones is 1. The van der Waals surface area contributed by atoms with Crippen molar-refractivity contribution in [2.45, 2.75) is 72.4 Å². The summed E-state index contributed by atoms with van der Waals surface area (Å²) in [6.45, 7) is 14.9. The molecule has 0 unspecified atom stereocenters. The molecule has 0 aliphatic carbocycles. The highest BCUT2D eigenvalue weighted by atomic mass is 16.3. The summed E-state index contributed by atoms with van der Waals surface area (Å²) < 4.78 is 3.51. The Bertz CT molecular complexity index is 1170. The second kappa shape index (κ2) is 8.45. The molecule has 1 aromatic heterocycles. The van der Waals surface area contributed by atoms with E-state index in [0.717, 1.165) is 16.7 Å². The summed E-state index contributed by atoms with van der Waals surface area (Å²) >= 11 is 0. The molecule has 2 aromatic carbocycles. The zero-order chi connectivity index (χ0) is 23.8. The van der Waals surface area contributed by atoms with Crippen molar-refractivity contribution in [3.05, 3.63) is 82.2 Å². The number of hydrogen-bond acceptors (Lipinski definition) is 3. The molecular weight excluding hydrogens is 398 g/mol. The number of hydrogen-bond donors (Lipinski definition) is 2. The number of Topliss-reactive ketones (excluding diaryl/α,β-unsaturated/α-hetero) is 1. The van der Waals surface area contributed by atoms with Gasteiger partial charge in [-0.15, -0.1) is 0 Å². The van der Waals surface area contributed by atoms with Crippen molar-refractivity contribution in [1.82, 2.24) is 9.13 Å². The number of aromatic nitrogens is 2. The van der Waals surface area contributed by atoms with Crippen LogP contribution in [0.3, 0.4) is 0 Å². The topological polar surface area (TPSA) is 71.0 Å². The Hall–Kier alpha value is -3.08. The summed E-state index contributed by atoms with van der Waals surface area (Å²) in [6, 6.07) is 11.7. The average molecular weight is 434 g/mol. The minimum atomic E-state index is -0.301. The first kappa shape index (κ1) is 23.6. The van der Waals surface area contributed by atoms with Crippen LogP contribution in [0.15, 0.2) is 48.8 Å². The third-order valence-corrected chi connectivity index (χ3v) is 5.93. The number of rotatable bonds is 5. The lowest BCUT2D eigenvalue weighted by atomic mass is 9.78. The third kappa shape index (κ3) is 4.87. The minimum Gasteiger partial charge on any atom is -0.507 e. The molecule has 1 heterocycles. The lowest BCUT2D eigenvalue weighted by Crippen LogP contribution is -2.28. The quantitative estimate of drug-likeness (QED) is 0.535. The van der Waals surface area contributed by atoms with Crippen LogP contribution < -0.4 is 5.62 Å². The molecule has 3 aromatic rings.